The molecule has 18 atom stereocenters. The Morgan fingerprint density at radius 3 is 2.25 bits per heavy atom. The molecule has 0 saturated carbocycles. The summed E-state index contributed by atoms with van der Waals surface area (Å²) in [5.74, 6) is -3.97. The number of methoxy groups -OCH3 is 1. The van der Waals surface area contributed by atoms with Crippen LogP contribution in [-0.4, -0.2) is 197 Å². The lowest BCUT2D eigenvalue weighted by atomic mass is 9.77. The zero-order chi connectivity index (χ0) is 56.6. The van der Waals surface area contributed by atoms with Crippen LogP contribution in [0.25, 0.3) is 10.9 Å². The summed E-state index contributed by atoms with van der Waals surface area (Å²) in [6, 6.07) is 4.76. The average molecular weight is 1080 g/mol. The highest BCUT2D eigenvalue weighted by molar-refractivity contribution is 5.92. The molecule has 0 radical (unpaired) electrons. The van der Waals surface area contributed by atoms with Crippen molar-refractivity contribution in [1.29, 1.82) is 0 Å². The topological polar surface area (TPSA) is 238 Å². The minimum Gasteiger partial charge on any atom is -0.477 e. The normalized spacial score (nSPS) is 37.7. The maximum absolute atomic E-state index is 14.6. The number of rotatable bonds is 19. The van der Waals surface area contributed by atoms with Gasteiger partial charge in [0.25, 0.3) is 0 Å². The smallest absolute Gasteiger partial charge is 0.341 e. The van der Waals surface area contributed by atoms with Gasteiger partial charge < -0.3 is 77.8 Å². The first-order chi connectivity index (χ1) is 35.6. The van der Waals surface area contributed by atoms with E-state index in [-0.39, 0.29) is 56.1 Å². The number of ether oxygens (including phenoxy) is 8. The standard InChI is InChI=1S/C57H95N3O16/c1-16-18-23-60-32-41(52(64)65)46(61)40-28-39(21-22-42(40)60)20-19-24-70-25-26-71-51-38(8)73-45(30-56(51,10)69-15)75-48-35(5)50(76-54-47(62)43(58(12)13)27-34(4)72-54)55(9,67)29-33(3)31-59(14)37(7)49(63)57(11,68)44(17-2)74-53(66)36(48)6/h21-22,28,32-38,43-45,47-51,54,62-63,67-68H,16-20,23-27,29-31H2,1-15H3,(H,64,65)/t33-,34-,35+,36-,37-,38+,43+,44-,45+,47-,48+,49-,50-,51+,54+,55-,56-,57-/m1/s1. The van der Waals surface area contributed by atoms with Crippen molar-refractivity contribution in [3.63, 3.8) is 0 Å². The molecule has 0 aliphatic carbocycles. The molecule has 5 N–H and O–H groups in total. The van der Waals surface area contributed by atoms with E-state index in [0.29, 0.717) is 49.9 Å². The monoisotopic (exact) mass is 1080 g/mol. The summed E-state index contributed by atoms with van der Waals surface area (Å²) in [7, 11) is 7.20. The van der Waals surface area contributed by atoms with Crippen molar-refractivity contribution in [3.05, 3.63) is 45.7 Å². The van der Waals surface area contributed by atoms with E-state index in [1.165, 1.54) is 13.1 Å². The van der Waals surface area contributed by atoms with Gasteiger partial charge in [0, 0.05) is 62.8 Å². The van der Waals surface area contributed by atoms with E-state index in [1.54, 1.807) is 40.9 Å². The molecule has 19 nitrogen and oxygen atoms in total. The third-order valence-corrected chi connectivity index (χ3v) is 16.6. The fraction of sp³-hybridized carbons (Fsp3) is 0.807. The zero-order valence-electron chi connectivity index (χ0n) is 48.2. The van der Waals surface area contributed by atoms with Gasteiger partial charge in [-0.1, -0.05) is 40.2 Å². The minimum atomic E-state index is -1.84. The third-order valence-electron chi connectivity index (χ3n) is 16.6. The second-order valence-corrected chi connectivity index (χ2v) is 23.3. The first-order valence-electron chi connectivity index (χ1n) is 27.8. The van der Waals surface area contributed by atoms with Crippen LogP contribution >= 0.6 is 0 Å². The lowest BCUT2D eigenvalue weighted by Crippen LogP contribution is -2.61. The number of aryl methyl sites for hydroxylation is 2. The number of aromatic carboxylic acids is 1. The van der Waals surface area contributed by atoms with Gasteiger partial charge in [-0.15, -0.1) is 0 Å². The van der Waals surface area contributed by atoms with Gasteiger partial charge in [-0.2, -0.15) is 0 Å². The number of aliphatic hydroxyl groups is 4. The number of hydrogen-bond acceptors (Lipinski definition) is 17. The number of carbonyl (C=O) groups is 2. The van der Waals surface area contributed by atoms with Crippen LogP contribution in [0.4, 0.5) is 0 Å². The van der Waals surface area contributed by atoms with E-state index >= 15 is 0 Å². The minimum absolute atomic E-state index is 0.169. The largest absolute Gasteiger partial charge is 0.477 e. The van der Waals surface area contributed by atoms with E-state index in [1.807, 2.05) is 82.3 Å². The molecule has 0 amide bonds. The Kier molecular flexibility index (Phi) is 22.9. The second kappa shape index (κ2) is 27.3. The van der Waals surface area contributed by atoms with Gasteiger partial charge in [-0.3, -0.25) is 9.59 Å². The van der Waals surface area contributed by atoms with Gasteiger partial charge in [0.05, 0.1) is 60.3 Å². The fourth-order valence-electron chi connectivity index (χ4n) is 12.0. The number of esters is 1. The number of carbonyl (C=O) groups excluding carboxylic acids is 1. The molecule has 3 aliphatic rings. The van der Waals surface area contributed by atoms with Crippen LogP contribution in [0.15, 0.2) is 29.2 Å². The van der Waals surface area contributed by atoms with E-state index < -0.39 is 107 Å². The van der Waals surface area contributed by atoms with E-state index in [2.05, 4.69) is 6.92 Å². The van der Waals surface area contributed by atoms with Crippen LogP contribution in [0.5, 0.6) is 0 Å². The van der Waals surface area contributed by atoms with E-state index in [0.717, 1.165) is 18.4 Å². The molecular weight excluding hydrogens is 983 g/mol. The van der Waals surface area contributed by atoms with Crippen LogP contribution in [0.1, 0.15) is 137 Å². The van der Waals surface area contributed by atoms with E-state index in [9.17, 15) is 39.9 Å². The Balaban J connectivity index is 1.34. The molecule has 76 heavy (non-hydrogen) atoms. The van der Waals surface area contributed by atoms with Crippen molar-refractivity contribution in [2.24, 2.45) is 17.8 Å². The summed E-state index contributed by atoms with van der Waals surface area (Å²) in [6.45, 7) is 21.9. The van der Waals surface area contributed by atoms with Crippen LogP contribution < -0.4 is 5.43 Å². The van der Waals surface area contributed by atoms with Crippen molar-refractivity contribution < 1.29 is 73.0 Å². The molecule has 1 aromatic carbocycles. The molecule has 434 valence electrons. The summed E-state index contributed by atoms with van der Waals surface area (Å²) in [4.78, 5) is 43.5. The molecule has 3 saturated heterocycles. The highest BCUT2D eigenvalue weighted by Gasteiger charge is 2.53. The van der Waals surface area contributed by atoms with Crippen LogP contribution in [-0.2, 0) is 55.7 Å². The van der Waals surface area contributed by atoms with Gasteiger partial charge in [0.2, 0.25) is 5.43 Å². The Morgan fingerprint density at radius 1 is 0.921 bits per heavy atom. The summed E-state index contributed by atoms with van der Waals surface area (Å²) < 4.78 is 53.3. The number of hydrogen-bond donors (Lipinski definition) is 5. The molecule has 4 heterocycles. The summed E-state index contributed by atoms with van der Waals surface area (Å²) in [6.07, 6.45) is -3.58. The molecule has 0 bridgehead atoms. The first-order valence-corrected chi connectivity index (χ1v) is 27.8. The van der Waals surface area contributed by atoms with Gasteiger partial charge in [0.1, 0.15) is 35.6 Å². The number of carboxylic acid groups (broad SMARTS) is 1. The zero-order valence-corrected chi connectivity index (χ0v) is 48.2. The predicted octanol–water partition coefficient (Wildman–Crippen LogP) is 5.39. The molecule has 3 aliphatic heterocycles. The van der Waals surface area contributed by atoms with Crippen molar-refractivity contribution in [2.45, 2.75) is 224 Å². The summed E-state index contributed by atoms with van der Waals surface area (Å²) in [5, 5.41) is 58.3. The van der Waals surface area contributed by atoms with Gasteiger partial charge >= 0.3 is 11.9 Å². The Morgan fingerprint density at radius 2 is 1.62 bits per heavy atom. The van der Waals surface area contributed by atoms with Crippen molar-refractivity contribution in [2.75, 3.05) is 54.6 Å². The predicted molar refractivity (Wildman–Crippen MR) is 287 cm³/mol. The lowest BCUT2D eigenvalue weighted by molar-refractivity contribution is -0.321. The van der Waals surface area contributed by atoms with Crippen molar-refractivity contribution in [3.8, 4) is 0 Å². The molecule has 0 unspecified atom stereocenters. The van der Waals surface area contributed by atoms with Crippen LogP contribution in [0.2, 0.25) is 0 Å². The number of benzene rings is 1. The van der Waals surface area contributed by atoms with Crippen LogP contribution in [0, 0.1) is 17.8 Å². The summed E-state index contributed by atoms with van der Waals surface area (Å²) in [5.41, 5.74) is -3.52. The summed E-state index contributed by atoms with van der Waals surface area (Å²) >= 11 is 0. The molecule has 19 heteroatoms. The average Bonchev–Trinajstić information content (AvgIpc) is 3.35. The van der Waals surface area contributed by atoms with Gasteiger partial charge in [-0.05, 0) is 132 Å². The number of likely N-dealkylation sites (N-methyl/N-ethyl adjacent to an activating group) is 2. The van der Waals surface area contributed by atoms with Crippen molar-refractivity contribution in [1.82, 2.24) is 14.4 Å². The molecule has 3 fully saturated rings. The number of aromatic nitrogens is 1. The second-order valence-electron chi connectivity index (χ2n) is 23.3. The lowest BCUT2D eigenvalue weighted by Gasteiger charge is -2.49. The maximum atomic E-state index is 14.6. The number of pyridine rings is 1. The maximum Gasteiger partial charge on any atom is 0.341 e. The van der Waals surface area contributed by atoms with Gasteiger partial charge in [-0.25, -0.2) is 4.79 Å². The highest BCUT2D eigenvalue weighted by Crippen LogP contribution is 2.41. The molecule has 2 aromatic rings. The number of carboxylic acids is 1. The van der Waals surface area contributed by atoms with Crippen molar-refractivity contribution >= 4 is 22.8 Å². The number of nitrogens with zero attached hydrogens (tertiary/aromatic N) is 3. The van der Waals surface area contributed by atoms with E-state index in [4.69, 9.17) is 37.9 Å². The number of unbranched alkanes of at least 4 members (excludes halogenated alkanes) is 1. The van der Waals surface area contributed by atoms with Gasteiger partial charge in [0.15, 0.2) is 12.6 Å². The number of aliphatic hydroxyl groups excluding tert-OH is 2. The number of cyclic esters (lactones) is 1. The molecular formula is C57H95N3O16. The molecule has 1 aromatic heterocycles. The Hall–Kier alpha value is -3.15. The first kappa shape index (κ1) is 63.7. The quantitative estimate of drug-likeness (QED) is 0.0876. The Labute approximate surface area is 451 Å². The number of fused-ring (bicyclic) bond motifs is 1. The van der Waals surface area contributed by atoms with Crippen LogP contribution in [0.3, 0.4) is 0 Å². The SMILES string of the molecule is CCCCn1cc(C(=O)O)c(=O)c2cc(CCCOCCO[C@H]3[C@H](C)O[C@@H](O[C@H]4[C@H](C)[C@@H](O[C@@H]5O[C@H](C)C[C@H](N(C)C)[C@H]5O)[C@](C)(O)C[C@@H](C)CN(C)[C@H](C)[C@@H](O)[C@](C)(O)[C@@H](CC)OC(=O)[C@@H]4C)C[C@@]3(C)OC)ccc21. The third kappa shape index (κ3) is 15.2. The highest BCUT2D eigenvalue weighted by atomic mass is 16.7. The Bertz CT molecular complexity index is 2240. The molecule has 5 rings (SSSR count). The fourth-order valence-corrected chi connectivity index (χ4v) is 12.0. The molecule has 0 spiro atoms.